The van der Waals surface area contributed by atoms with Crippen LogP contribution in [-0.4, -0.2) is 21.6 Å². The summed E-state index contributed by atoms with van der Waals surface area (Å²) in [6.45, 7) is 10.8. The molecule has 0 saturated carbocycles. The van der Waals surface area contributed by atoms with Gasteiger partial charge in [0, 0.05) is 7.11 Å². The number of benzene rings is 1. The lowest BCUT2D eigenvalue weighted by Gasteiger charge is -2.38. The third-order valence-electron chi connectivity index (χ3n) is 5.31. The summed E-state index contributed by atoms with van der Waals surface area (Å²) in [5.74, 6) is 0. The van der Waals surface area contributed by atoms with Crippen molar-refractivity contribution in [1.29, 1.82) is 0 Å². The maximum absolute atomic E-state index is 13.2. The monoisotopic (exact) mass is 360 g/mol. The summed E-state index contributed by atoms with van der Waals surface area (Å²) < 4.78 is 51.0. The molecule has 1 aliphatic carbocycles. The van der Waals surface area contributed by atoms with E-state index >= 15 is 0 Å². The maximum atomic E-state index is 13.2. The molecule has 2 nitrogen and oxygen atoms in total. The lowest BCUT2D eigenvalue weighted by atomic mass is 9.98. The SMILES string of the molecule is CO[C@@H](c1cccc2c1CCC2O[Si](C)(C)C(C)(C)C)C(F)(F)F. The van der Waals surface area contributed by atoms with Crippen LogP contribution in [0.25, 0.3) is 0 Å². The van der Waals surface area contributed by atoms with Crippen LogP contribution < -0.4 is 0 Å². The van der Waals surface area contributed by atoms with Crippen LogP contribution in [0.4, 0.5) is 13.2 Å². The van der Waals surface area contributed by atoms with Crippen LogP contribution in [-0.2, 0) is 15.6 Å². The number of hydrogen-bond acceptors (Lipinski definition) is 2. The van der Waals surface area contributed by atoms with Crippen molar-refractivity contribution in [1.82, 2.24) is 0 Å². The van der Waals surface area contributed by atoms with Gasteiger partial charge in [0.2, 0.25) is 0 Å². The standard InChI is InChI=1S/C18H27F3O2Si/c1-17(2,3)24(5,6)23-15-11-10-12-13(15)8-7-9-14(12)16(22-4)18(19,20)21/h7-9,15-16H,10-11H2,1-6H3/t15?,16-/m0/s1. The predicted molar refractivity (Wildman–Crippen MR) is 91.6 cm³/mol. The summed E-state index contributed by atoms with van der Waals surface area (Å²) in [6, 6.07) is 5.10. The summed E-state index contributed by atoms with van der Waals surface area (Å²) in [5, 5.41) is 0.0639. The number of alkyl halides is 3. The predicted octanol–water partition coefficient (Wildman–Crippen LogP) is 5.95. The summed E-state index contributed by atoms with van der Waals surface area (Å²) in [7, 11) is -0.874. The van der Waals surface area contributed by atoms with Crippen molar-refractivity contribution in [2.75, 3.05) is 7.11 Å². The average Bonchev–Trinajstić information content (AvgIpc) is 2.80. The van der Waals surface area contributed by atoms with Gasteiger partial charge in [-0.3, -0.25) is 0 Å². The average molecular weight is 360 g/mol. The van der Waals surface area contributed by atoms with Gasteiger partial charge in [0.15, 0.2) is 14.4 Å². The maximum Gasteiger partial charge on any atom is 0.418 e. The zero-order valence-electron chi connectivity index (χ0n) is 15.3. The van der Waals surface area contributed by atoms with Gasteiger partial charge in [0.1, 0.15) is 0 Å². The number of rotatable bonds is 4. The van der Waals surface area contributed by atoms with Gasteiger partial charge in [-0.1, -0.05) is 39.0 Å². The molecule has 1 unspecified atom stereocenters. The molecule has 0 aliphatic heterocycles. The van der Waals surface area contributed by atoms with E-state index in [0.717, 1.165) is 24.7 Å². The summed E-state index contributed by atoms with van der Waals surface area (Å²) in [4.78, 5) is 0. The van der Waals surface area contributed by atoms with Crippen molar-refractivity contribution in [3.8, 4) is 0 Å². The fraction of sp³-hybridized carbons (Fsp3) is 0.667. The van der Waals surface area contributed by atoms with Crippen molar-refractivity contribution in [2.45, 2.75) is 70.1 Å². The molecule has 2 atom stereocenters. The molecule has 0 aromatic heterocycles. The van der Waals surface area contributed by atoms with Gasteiger partial charge >= 0.3 is 6.18 Å². The van der Waals surface area contributed by atoms with E-state index in [1.807, 2.05) is 6.07 Å². The summed E-state index contributed by atoms with van der Waals surface area (Å²) in [5.41, 5.74) is 1.86. The van der Waals surface area contributed by atoms with Crippen molar-refractivity contribution in [3.63, 3.8) is 0 Å². The fourth-order valence-electron chi connectivity index (χ4n) is 2.98. The first kappa shape index (κ1) is 19.5. The molecule has 6 heteroatoms. The molecule has 0 saturated heterocycles. The Morgan fingerprint density at radius 3 is 2.29 bits per heavy atom. The van der Waals surface area contributed by atoms with Crippen molar-refractivity contribution in [3.05, 3.63) is 34.9 Å². The molecule has 0 bridgehead atoms. The Labute approximate surface area is 143 Å². The first-order valence-corrected chi connectivity index (χ1v) is 11.2. The lowest BCUT2D eigenvalue weighted by Crippen LogP contribution is -2.41. The van der Waals surface area contributed by atoms with E-state index in [0.29, 0.717) is 6.42 Å². The van der Waals surface area contributed by atoms with Crippen molar-refractivity contribution in [2.24, 2.45) is 0 Å². The molecule has 24 heavy (non-hydrogen) atoms. The molecule has 0 spiro atoms. The second-order valence-electron chi connectivity index (χ2n) is 7.98. The minimum absolute atomic E-state index is 0.0639. The zero-order valence-corrected chi connectivity index (χ0v) is 16.3. The van der Waals surface area contributed by atoms with Crippen LogP contribution in [0.3, 0.4) is 0 Å². The van der Waals surface area contributed by atoms with Crippen LogP contribution >= 0.6 is 0 Å². The molecule has 1 aromatic carbocycles. The Bertz CT molecular complexity index is 591. The number of methoxy groups -OCH3 is 1. The Morgan fingerprint density at radius 2 is 1.79 bits per heavy atom. The molecule has 1 aromatic rings. The molecule has 0 radical (unpaired) electrons. The first-order valence-electron chi connectivity index (χ1n) is 8.27. The van der Waals surface area contributed by atoms with E-state index in [1.54, 1.807) is 6.07 Å². The Morgan fingerprint density at radius 1 is 1.17 bits per heavy atom. The lowest BCUT2D eigenvalue weighted by molar-refractivity contribution is -0.216. The van der Waals surface area contributed by atoms with Gasteiger partial charge in [-0.15, -0.1) is 0 Å². The normalized spacial score (nSPS) is 20.1. The second kappa shape index (κ2) is 6.46. The van der Waals surface area contributed by atoms with E-state index < -0.39 is 20.6 Å². The van der Waals surface area contributed by atoms with Crippen LogP contribution in [0.2, 0.25) is 18.1 Å². The molecule has 0 heterocycles. The molecular weight excluding hydrogens is 333 g/mol. The van der Waals surface area contributed by atoms with Gasteiger partial charge in [0.05, 0.1) is 6.10 Å². The minimum atomic E-state index is -4.41. The van der Waals surface area contributed by atoms with Gasteiger partial charge < -0.3 is 9.16 Å². The van der Waals surface area contributed by atoms with Crippen LogP contribution in [0.5, 0.6) is 0 Å². The Hall–Kier alpha value is -0.853. The number of halogens is 3. The third kappa shape index (κ3) is 3.70. The number of ether oxygens (including phenoxy) is 1. The highest BCUT2D eigenvalue weighted by molar-refractivity contribution is 6.74. The molecule has 0 amide bonds. The van der Waals surface area contributed by atoms with E-state index in [2.05, 4.69) is 33.9 Å². The second-order valence-corrected chi connectivity index (χ2v) is 12.7. The van der Waals surface area contributed by atoms with E-state index in [9.17, 15) is 13.2 Å². The van der Waals surface area contributed by atoms with Gasteiger partial charge in [-0.05, 0) is 47.7 Å². The van der Waals surface area contributed by atoms with Crippen molar-refractivity contribution < 1.29 is 22.3 Å². The van der Waals surface area contributed by atoms with Gasteiger partial charge in [-0.25, -0.2) is 0 Å². The molecule has 1 aliphatic rings. The largest absolute Gasteiger partial charge is 0.418 e. The topological polar surface area (TPSA) is 18.5 Å². The Kier molecular flexibility index (Phi) is 5.24. The summed E-state index contributed by atoms with van der Waals surface area (Å²) >= 11 is 0. The zero-order chi connectivity index (χ0) is 18.3. The highest BCUT2D eigenvalue weighted by atomic mass is 28.4. The Balaban J connectivity index is 2.35. The molecule has 0 fully saturated rings. The van der Waals surface area contributed by atoms with Crippen LogP contribution in [0.1, 0.15) is 56.1 Å². The molecule has 2 rings (SSSR count). The molecule has 136 valence electrons. The van der Waals surface area contributed by atoms with Crippen molar-refractivity contribution >= 4 is 8.32 Å². The first-order chi connectivity index (χ1) is 10.9. The highest BCUT2D eigenvalue weighted by Crippen LogP contribution is 2.46. The van der Waals surface area contributed by atoms with Gasteiger partial charge in [-0.2, -0.15) is 13.2 Å². The molecular formula is C18H27F3O2Si. The van der Waals surface area contributed by atoms with E-state index in [-0.39, 0.29) is 16.7 Å². The quantitative estimate of drug-likeness (QED) is 0.618. The summed E-state index contributed by atoms with van der Waals surface area (Å²) in [6.07, 6.45) is -5.08. The molecule has 0 N–H and O–H groups in total. The third-order valence-corrected chi connectivity index (χ3v) is 9.80. The highest BCUT2D eigenvalue weighted by Gasteiger charge is 2.45. The number of fused-ring (bicyclic) bond motifs is 1. The van der Waals surface area contributed by atoms with E-state index in [1.165, 1.54) is 6.07 Å². The van der Waals surface area contributed by atoms with Crippen LogP contribution in [0, 0.1) is 0 Å². The van der Waals surface area contributed by atoms with Crippen LogP contribution in [0.15, 0.2) is 18.2 Å². The fourth-order valence-corrected chi connectivity index (χ4v) is 4.29. The minimum Gasteiger partial charge on any atom is -0.410 e. The number of hydrogen-bond donors (Lipinski definition) is 0. The smallest absolute Gasteiger partial charge is 0.410 e. The van der Waals surface area contributed by atoms with Gasteiger partial charge in [0.25, 0.3) is 0 Å². The van der Waals surface area contributed by atoms with E-state index in [4.69, 9.17) is 9.16 Å².